The van der Waals surface area contributed by atoms with Crippen molar-refractivity contribution in [3.8, 4) is 0 Å². The number of nitrogens with one attached hydrogen (secondary N) is 2. The molecule has 2 rings (SSSR count). The number of hydrogen-bond donors (Lipinski definition) is 3. The summed E-state index contributed by atoms with van der Waals surface area (Å²) in [7, 11) is 1.69. The van der Waals surface area contributed by atoms with Gasteiger partial charge in [-0.3, -0.25) is 4.68 Å². The summed E-state index contributed by atoms with van der Waals surface area (Å²) in [6.45, 7) is 1.46. The van der Waals surface area contributed by atoms with Crippen LogP contribution >= 0.6 is 0 Å². The van der Waals surface area contributed by atoms with E-state index in [9.17, 15) is 14.7 Å². The zero-order valence-corrected chi connectivity index (χ0v) is 11.5. The Morgan fingerprint density at radius 1 is 1.52 bits per heavy atom. The normalized spacial score (nSPS) is 13.4. The molecule has 21 heavy (non-hydrogen) atoms. The van der Waals surface area contributed by atoms with Crippen LogP contribution in [0.5, 0.6) is 0 Å². The first-order valence-corrected chi connectivity index (χ1v) is 6.09. The van der Waals surface area contributed by atoms with Crippen LogP contribution in [0.2, 0.25) is 0 Å². The quantitative estimate of drug-likeness (QED) is 0.724. The fraction of sp³-hybridized carbons (Fsp3) is 0.333. The van der Waals surface area contributed by atoms with Gasteiger partial charge in [0, 0.05) is 7.05 Å². The maximum atomic E-state index is 11.9. The number of aryl methyl sites for hydroxylation is 1. The zero-order chi connectivity index (χ0) is 15.5. The Morgan fingerprint density at radius 3 is 2.81 bits per heavy atom. The third-order valence-corrected chi connectivity index (χ3v) is 3.02. The van der Waals surface area contributed by atoms with Crippen molar-refractivity contribution in [2.45, 2.75) is 19.0 Å². The van der Waals surface area contributed by atoms with Crippen molar-refractivity contribution in [2.24, 2.45) is 7.05 Å². The van der Waals surface area contributed by atoms with E-state index in [2.05, 4.69) is 20.7 Å². The van der Waals surface area contributed by atoms with Gasteiger partial charge in [-0.25, -0.2) is 14.6 Å². The first-order chi connectivity index (χ1) is 9.93. The summed E-state index contributed by atoms with van der Waals surface area (Å²) in [6, 6.07) is 2.38. The molecule has 112 valence electrons. The molecule has 0 spiro atoms. The van der Waals surface area contributed by atoms with Crippen LogP contribution in [-0.2, 0) is 23.9 Å². The van der Waals surface area contributed by atoms with E-state index >= 15 is 0 Å². The average Bonchev–Trinajstić information content (AvgIpc) is 3.07. The Morgan fingerprint density at radius 2 is 2.29 bits per heavy atom. The molecule has 9 nitrogen and oxygen atoms in total. The Balaban J connectivity index is 2.03. The first kappa shape index (κ1) is 14.6. The Bertz CT molecular complexity index is 636. The molecule has 9 heteroatoms. The van der Waals surface area contributed by atoms with Crippen molar-refractivity contribution >= 4 is 12.0 Å². The Kier molecular flexibility index (Phi) is 3.92. The molecule has 0 radical (unpaired) electrons. The van der Waals surface area contributed by atoms with E-state index in [1.54, 1.807) is 13.1 Å². The number of carboxylic acid groups (broad SMARTS) is 1. The van der Waals surface area contributed by atoms with Gasteiger partial charge in [-0.15, -0.1) is 0 Å². The number of amides is 2. The van der Waals surface area contributed by atoms with E-state index in [0.717, 1.165) is 0 Å². The molecule has 2 aromatic heterocycles. The van der Waals surface area contributed by atoms with Gasteiger partial charge >= 0.3 is 12.0 Å². The van der Waals surface area contributed by atoms with Crippen LogP contribution < -0.4 is 10.6 Å². The van der Waals surface area contributed by atoms with E-state index < -0.39 is 17.5 Å². The summed E-state index contributed by atoms with van der Waals surface area (Å²) in [5, 5.41) is 18.1. The highest BCUT2D eigenvalue weighted by molar-refractivity contribution is 5.86. The van der Waals surface area contributed by atoms with Gasteiger partial charge in [0.1, 0.15) is 17.9 Å². The van der Waals surface area contributed by atoms with Gasteiger partial charge in [-0.2, -0.15) is 5.10 Å². The molecule has 3 N–H and O–H groups in total. The number of carboxylic acids is 1. The summed E-state index contributed by atoms with van der Waals surface area (Å²) in [5.41, 5.74) is -1.66. The smallest absolute Gasteiger partial charge is 0.337 e. The number of carbonyl (C=O) groups excluding carboxylic acids is 1. The zero-order valence-electron chi connectivity index (χ0n) is 11.5. The minimum atomic E-state index is -1.66. The van der Waals surface area contributed by atoms with Crippen molar-refractivity contribution in [3.05, 3.63) is 36.3 Å². The molecule has 0 aliphatic carbocycles. The summed E-state index contributed by atoms with van der Waals surface area (Å²) in [5.74, 6) is -0.560. The van der Waals surface area contributed by atoms with E-state index in [1.165, 1.54) is 30.3 Å². The second kappa shape index (κ2) is 5.65. The second-order valence-corrected chi connectivity index (χ2v) is 4.52. The number of urea groups is 1. The summed E-state index contributed by atoms with van der Waals surface area (Å²) < 4.78 is 6.58. The van der Waals surface area contributed by atoms with Crippen molar-refractivity contribution < 1.29 is 19.1 Å². The molecule has 0 saturated heterocycles. The lowest BCUT2D eigenvalue weighted by atomic mass is 9.99. The molecular weight excluding hydrogens is 278 g/mol. The summed E-state index contributed by atoms with van der Waals surface area (Å²) in [4.78, 5) is 27.2. The third kappa shape index (κ3) is 3.02. The predicted octanol–water partition coefficient (Wildman–Crippen LogP) is 0.207. The monoisotopic (exact) mass is 293 g/mol. The maximum absolute atomic E-state index is 11.9. The summed E-state index contributed by atoms with van der Waals surface area (Å²) in [6.07, 6.45) is 2.70. The topological polar surface area (TPSA) is 122 Å². The van der Waals surface area contributed by atoms with E-state index in [4.69, 9.17) is 4.42 Å². The molecule has 1 atom stereocenters. The van der Waals surface area contributed by atoms with Gasteiger partial charge in [-0.1, -0.05) is 0 Å². The number of aromatic nitrogens is 3. The Hall–Kier alpha value is -2.84. The molecule has 2 heterocycles. The van der Waals surface area contributed by atoms with Gasteiger partial charge in [-0.05, 0) is 19.1 Å². The van der Waals surface area contributed by atoms with Gasteiger partial charge in [0.15, 0.2) is 5.54 Å². The maximum Gasteiger partial charge on any atom is 0.337 e. The molecule has 0 saturated carbocycles. The van der Waals surface area contributed by atoms with Gasteiger partial charge in [0.05, 0.1) is 12.8 Å². The molecule has 2 amide bonds. The predicted molar refractivity (Wildman–Crippen MR) is 70.1 cm³/mol. The van der Waals surface area contributed by atoms with Gasteiger partial charge in [0.2, 0.25) is 0 Å². The van der Waals surface area contributed by atoms with Crippen molar-refractivity contribution in [2.75, 3.05) is 0 Å². The lowest BCUT2D eigenvalue weighted by Crippen LogP contribution is -2.52. The van der Waals surface area contributed by atoms with Gasteiger partial charge < -0.3 is 20.2 Å². The number of carbonyl (C=O) groups is 2. The fourth-order valence-electron chi connectivity index (χ4n) is 1.69. The number of nitrogens with zero attached hydrogens (tertiary/aromatic N) is 3. The SMILES string of the molecule is Cn1ncnc1CNC(=O)NC(C)(C(=O)O)c1ccco1. The minimum Gasteiger partial charge on any atom is -0.479 e. The lowest BCUT2D eigenvalue weighted by molar-refractivity contribution is -0.144. The first-order valence-electron chi connectivity index (χ1n) is 6.09. The molecule has 1 unspecified atom stereocenters. The largest absolute Gasteiger partial charge is 0.479 e. The van der Waals surface area contributed by atoms with Crippen LogP contribution in [0.15, 0.2) is 29.1 Å². The summed E-state index contributed by atoms with van der Waals surface area (Å²) >= 11 is 0. The van der Waals surface area contributed by atoms with Crippen LogP contribution in [0.3, 0.4) is 0 Å². The standard InChI is InChI=1S/C12H15N5O4/c1-12(10(18)19,8-4-3-5-21-8)16-11(20)13-6-9-14-7-15-17(9)2/h3-5,7H,6H2,1-2H3,(H,18,19)(H2,13,16,20). The average molecular weight is 293 g/mol. The fourth-order valence-corrected chi connectivity index (χ4v) is 1.69. The minimum absolute atomic E-state index is 0.121. The van der Waals surface area contributed by atoms with Crippen LogP contribution in [0, 0.1) is 0 Å². The van der Waals surface area contributed by atoms with E-state index in [0.29, 0.717) is 5.82 Å². The second-order valence-electron chi connectivity index (χ2n) is 4.52. The van der Waals surface area contributed by atoms with Crippen LogP contribution in [0.1, 0.15) is 18.5 Å². The van der Waals surface area contributed by atoms with Crippen LogP contribution in [-0.4, -0.2) is 31.9 Å². The highest BCUT2D eigenvalue weighted by Gasteiger charge is 2.39. The number of aliphatic carboxylic acids is 1. The molecule has 0 fully saturated rings. The number of hydrogen-bond acceptors (Lipinski definition) is 5. The van der Waals surface area contributed by atoms with Crippen molar-refractivity contribution in [1.29, 1.82) is 0 Å². The van der Waals surface area contributed by atoms with Crippen LogP contribution in [0.4, 0.5) is 4.79 Å². The third-order valence-electron chi connectivity index (χ3n) is 3.02. The van der Waals surface area contributed by atoms with E-state index in [-0.39, 0.29) is 12.3 Å². The molecular formula is C12H15N5O4. The molecule has 0 bridgehead atoms. The molecule has 0 aromatic carbocycles. The van der Waals surface area contributed by atoms with E-state index in [1.807, 2.05) is 0 Å². The highest BCUT2D eigenvalue weighted by Crippen LogP contribution is 2.21. The lowest BCUT2D eigenvalue weighted by Gasteiger charge is -2.24. The number of rotatable bonds is 5. The van der Waals surface area contributed by atoms with Gasteiger partial charge in [0.25, 0.3) is 0 Å². The van der Waals surface area contributed by atoms with Crippen molar-refractivity contribution in [1.82, 2.24) is 25.4 Å². The van der Waals surface area contributed by atoms with Crippen molar-refractivity contribution in [3.63, 3.8) is 0 Å². The highest BCUT2D eigenvalue weighted by atomic mass is 16.4. The Labute approximate surface area is 120 Å². The number of furan rings is 1. The van der Waals surface area contributed by atoms with Crippen LogP contribution in [0.25, 0.3) is 0 Å². The molecule has 0 aliphatic rings. The molecule has 2 aromatic rings. The molecule has 0 aliphatic heterocycles.